The maximum atomic E-state index is 13.7. The van der Waals surface area contributed by atoms with Gasteiger partial charge in [0, 0.05) is 12.2 Å². The van der Waals surface area contributed by atoms with E-state index in [1.165, 1.54) is 4.90 Å². The summed E-state index contributed by atoms with van der Waals surface area (Å²) in [6.07, 6.45) is 3.37. The number of benzene rings is 2. The molecule has 0 bridgehead atoms. The van der Waals surface area contributed by atoms with Gasteiger partial charge in [0.2, 0.25) is 18.6 Å². The van der Waals surface area contributed by atoms with Gasteiger partial charge in [0.15, 0.2) is 11.5 Å². The lowest BCUT2D eigenvalue weighted by Crippen LogP contribution is -2.70. The number of hydrogen-bond donors (Lipinski definition) is 1. The van der Waals surface area contributed by atoms with Crippen molar-refractivity contribution in [1.82, 2.24) is 15.1 Å². The number of carbonyl (C=O) groups is 3. The van der Waals surface area contributed by atoms with E-state index >= 15 is 0 Å². The maximum Gasteiger partial charge on any atom is 0.327 e. The van der Waals surface area contributed by atoms with Gasteiger partial charge in [-0.1, -0.05) is 24.3 Å². The molecule has 2 fully saturated rings. The molecular weight excluding hydrogens is 448 g/mol. The van der Waals surface area contributed by atoms with Crippen molar-refractivity contribution in [3.8, 4) is 11.5 Å². The summed E-state index contributed by atoms with van der Waals surface area (Å²) in [5, 5.41) is 3.29. The van der Waals surface area contributed by atoms with Gasteiger partial charge >= 0.3 is 6.03 Å². The monoisotopic (exact) mass is 476 g/mol. The van der Waals surface area contributed by atoms with Crippen LogP contribution in [0.2, 0.25) is 0 Å². The molecule has 1 N–H and O–H groups in total. The Labute approximate surface area is 203 Å². The number of carbonyl (C=O) groups excluding carboxylic acids is 3. The van der Waals surface area contributed by atoms with Gasteiger partial charge in [0.1, 0.15) is 12.6 Å². The Balaban J connectivity index is 1.26. The zero-order valence-corrected chi connectivity index (χ0v) is 19.4. The second-order valence-electron chi connectivity index (χ2n) is 9.44. The smallest absolute Gasteiger partial charge is 0.327 e. The minimum absolute atomic E-state index is 0.0546. The minimum Gasteiger partial charge on any atom is -0.454 e. The molecule has 2 saturated heterocycles. The highest BCUT2D eigenvalue weighted by molar-refractivity contribution is 6.03. The second kappa shape index (κ2) is 8.88. The number of fused-ring (bicyclic) bond motifs is 3. The van der Waals surface area contributed by atoms with E-state index < -0.39 is 12.1 Å². The molecule has 4 heterocycles. The van der Waals surface area contributed by atoms with Crippen molar-refractivity contribution >= 4 is 23.5 Å². The predicted molar refractivity (Wildman–Crippen MR) is 127 cm³/mol. The van der Waals surface area contributed by atoms with Crippen molar-refractivity contribution < 1.29 is 23.9 Å². The van der Waals surface area contributed by atoms with Crippen LogP contribution in [0.15, 0.2) is 42.5 Å². The predicted octanol–water partition coefficient (Wildman–Crippen LogP) is 2.28. The van der Waals surface area contributed by atoms with Crippen molar-refractivity contribution in [1.29, 1.82) is 0 Å². The standard InChI is InChI=1S/C26H28N4O5/c31-23(28-12-4-6-18-5-1-2-7-19(18)28)15-29-20-8-3-11-27-24(20)25(32)30(26(29)33)14-17-9-10-21-22(13-17)35-16-34-21/h1-2,5,7,9-10,13,20,24,27H,3-4,6,8,11-12,14-16H2. The highest BCUT2D eigenvalue weighted by atomic mass is 16.7. The first-order valence-corrected chi connectivity index (χ1v) is 12.2. The third kappa shape index (κ3) is 3.89. The van der Waals surface area contributed by atoms with E-state index in [0.29, 0.717) is 31.0 Å². The Morgan fingerprint density at radius 2 is 1.91 bits per heavy atom. The molecule has 6 rings (SSSR count). The Morgan fingerprint density at radius 1 is 1.06 bits per heavy atom. The van der Waals surface area contributed by atoms with Crippen molar-refractivity contribution in [3.63, 3.8) is 0 Å². The molecule has 2 unspecified atom stereocenters. The topological polar surface area (TPSA) is 91.4 Å². The van der Waals surface area contributed by atoms with Crippen LogP contribution >= 0.6 is 0 Å². The number of urea groups is 1. The van der Waals surface area contributed by atoms with Crippen LogP contribution < -0.4 is 19.7 Å². The first kappa shape index (κ1) is 21.9. The van der Waals surface area contributed by atoms with Crippen LogP contribution in [0.1, 0.15) is 30.4 Å². The molecule has 0 radical (unpaired) electrons. The molecule has 0 aromatic heterocycles. The van der Waals surface area contributed by atoms with Crippen LogP contribution in [0, 0.1) is 0 Å². The molecule has 9 heteroatoms. The van der Waals surface area contributed by atoms with E-state index in [-0.39, 0.29) is 37.7 Å². The Bertz CT molecular complexity index is 1180. The maximum absolute atomic E-state index is 13.7. The zero-order chi connectivity index (χ0) is 23.9. The largest absolute Gasteiger partial charge is 0.454 e. The van der Waals surface area contributed by atoms with Gasteiger partial charge < -0.3 is 24.6 Å². The van der Waals surface area contributed by atoms with Crippen LogP contribution in [-0.2, 0) is 22.6 Å². The van der Waals surface area contributed by atoms with Gasteiger partial charge in [0.05, 0.1) is 12.6 Å². The molecule has 9 nitrogen and oxygen atoms in total. The van der Waals surface area contributed by atoms with E-state index in [0.717, 1.165) is 36.1 Å². The van der Waals surface area contributed by atoms with Gasteiger partial charge in [-0.3, -0.25) is 14.5 Å². The number of aryl methyl sites for hydroxylation is 1. The van der Waals surface area contributed by atoms with Gasteiger partial charge in [-0.2, -0.15) is 0 Å². The van der Waals surface area contributed by atoms with E-state index in [1.807, 2.05) is 30.3 Å². The van der Waals surface area contributed by atoms with Crippen LogP contribution in [0.4, 0.5) is 10.5 Å². The van der Waals surface area contributed by atoms with E-state index in [4.69, 9.17) is 9.47 Å². The van der Waals surface area contributed by atoms with Crippen molar-refractivity contribution in [2.24, 2.45) is 0 Å². The average Bonchev–Trinajstić information content (AvgIpc) is 3.36. The van der Waals surface area contributed by atoms with Gasteiger partial charge in [-0.25, -0.2) is 4.79 Å². The number of anilines is 1. The summed E-state index contributed by atoms with van der Waals surface area (Å²) < 4.78 is 10.8. The Kier molecular flexibility index (Phi) is 5.56. The molecule has 4 amide bonds. The molecule has 0 aliphatic carbocycles. The Morgan fingerprint density at radius 3 is 2.83 bits per heavy atom. The molecule has 182 valence electrons. The number of ether oxygens (including phenoxy) is 2. The fraction of sp³-hybridized carbons (Fsp3) is 0.423. The molecule has 4 aliphatic heterocycles. The second-order valence-corrected chi connectivity index (χ2v) is 9.44. The number of amides is 4. The lowest BCUT2D eigenvalue weighted by atomic mass is 9.93. The number of imide groups is 1. The number of para-hydroxylation sites is 1. The minimum atomic E-state index is -0.517. The summed E-state index contributed by atoms with van der Waals surface area (Å²) in [4.78, 5) is 45.2. The van der Waals surface area contributed by atoms with E-state index in [9.17, 15) is 14.4 Å². The first-order chi connectivity index (χ1) is 17.1. The van der Waals surface area contributed by atoms with Crippen LogP contribution in [0.5, 0.6) is 11.5 Å². The molecule has 4 aliphatic rings. The highest BCUT2D eigenvalue weighted by Crippen LogP contribution is 2.34. The molecule has 2 aromatic carbocycles. The first-order valence-electron chi connectivity index (χ1n) is 12.2. The summed E-state index contributed by atoms with van der Waals surface area (Å²) in [7, 11) is 0. The SMILES string of the molecule is O=C1C2NCCCC2N(CC(=O)N2CCCc3ccccc32)C(=O)N1Cc1ccc2c(c1)OCO2. The summed E-state index contributed by atoms with van der Waals surface area (Å²) >= 11 is 0. The zero-order valence-electron chi connectivity index (χ0n) is 19.4. The number of piperidine rings is 1. The van der Waals surface area contributed by atoms with Crippen molar-refractivity contribution in [3.05, 3.63) is 53.6 Å². The fourth-order valence-corrected chi connectivity index (χ4v) is 5.59. The van der Waals surface area contributed by atoms with Crippen LogP contribution in [0.25, 0.3) is 0 Å². The van der Waals surface area contributed by atoms with Gasteiger partial charge in [0.25, 0.3) is 0 Å². The van der Waals surface area contributed by atoms with Crippen LogP contribution in [0.3, 0.4) is 0 Å². The summed E-state index contributed by atoms with van der Waals surface area (Å²) in [5.74, 6) is 0.883. The molecule has 0 spiro atoms. The van der Waals surface area contributed by atoms with Crippen molar-refractivity contribution in [2.75, 3.05) is 31.3 Å². The lowest BCUT2D eigenvalue weighted by molar-refractivity contribution is -0.138. The number of nitrogens with one attached hydrogen (secondary N) is 1. The number of rotatable bonds is 4. The fourth-order valence-electron chi connectivity index (χ4n) is 5.59. The lowest BCUT2D eigenvalue weighted by Gasteiger charge is -2.47. The van der Waals surface area contributed by atoms with Gasteiger partial charge in [-0.05, 0) is 61.6 Å². The normalized spacial score (nSPS) is 23.3. The summed E-state index contributed by atoms with van der Waals surface area (Å²) in [6, 6.07) is 12.1. The average molecular weight is 477 g/mol. The number of nitrogens with zero attached hydrogens (tertiary/aromatic N) is 3. The summed E-state index contributed by atoms with van der Waals surface area (Å²) in [5.41, 5.74) is 2.83. The third-order valence-corrected chi connectivity index (χ3v) is 7.33. The van der Waals surface area contributed by atoms with Crippen LogP contribution in [-0.4, -0.2) is 66.2 Å². The van der Waals surface area contributed by atoms with Crippen molar-refractivity contribution in [2.45, 2.75) is 44.3 Å². The Hall–Kier alpha value is -3.59. The molecule has 2 aromatic rings. The van der Waals surface area contributed by atoms with Gasteiger partial charge in [-0.15, -0.1) is 0 Å². The quantitative estimate of drug-likeness (QED) is 0.728. The molecule has 35 heavy (non-hydrogen) atoms. The highest BCUT2D eigenvalue weighted by Gasteiger charge is 2.48. The molecule has 0 saturated carbocycles. The molecular formula is C26H28N4O5. The number of hydrogen-bond acceptors (Lipinski definition) is 6. The van der Waals surface area contributed by atoms with E-state index in [1.54, 1.807) is 21.9 Å². The van der Waals surface area contributed by atoms with E-state index in [2.05, 4.69) is 5.32 Å². The molecule has 2 atom stereocenters. The third-order valence-electron chi connectivity index (χ3n) is 7.33. The summed E-state index contributed by atoms with van der Waals surface area (Å²) in [6.45, 7) is 1.55.